The minimum Gasteiger partial charge on any atom is -0.372 e. The quantitative estimate of drug-likeness (QED) is 0.722. The Labute approximate surface area is 170 Å². The molecule has 0 aliphatic carbocycles. The van der Waals surface area contributed by atoms with Crippen LogP contribution in [0, 0.1) is 0 Å². The minimum atomic E-state index is 0.0307. The van der Waals surface area contributed by atoms with Crippen molar-refractivity contribution in [2.24, 2.45) is 0 Å². The van der Waals surface area contributed by atoms with Crippen LogP contribution in [0.5, 0.6) is 0 Å². The number of nitrogens with zero attached hydrogens (tertiary/aromatic N) is 4. The van der Waals surface area contributed by atoms with Crippen molar-refractivity contribution < 1.29 is 9.53 Å². The number of carbonyl (C=O) groups is 1. The van der Waals surface area contributed by atoms with Gasteiger partial charge in [-0.2, -0.15) is 0 Å². The average molecular weight is 393 g/mol. The van der Waals surface area contributed by atoms with Gasteiger partial charge in [-0.15, -0.1) is 5.10 Å². The topological polar surface area (TPSA) is 71.8 Å². The highest BCUT2D eigenvalue weighted by atomic mass is 16.5. The second-order valence-electron chi connectivity index (χ2n) is 7.59. The van der Waals surface area contributed by atoms with E-state index in [0.29, 0.717) is 18.8 Å². The van der Waals surface area contributed by atoms with Crippen LogP contribution < -0.4 is 10.2 Å². The molecule has 3 aromatic rings. The molecule has 0 bridgehead atoms. The number of anilines is 1. The van der Waals surface area contributed by atoms with Crippen LogP contribution in [0.3, 0.4) is 0 Å². The molecule has 2 unspecified atom stereocenters. The van der Waals surface area contributed by atoms with E-state index in [1.165, 1.54) is 0 Å². The Hall–Kier alpha value is -2.93. The van der Waals surface area contributed by atoms with Crippen LogP contribution in [0.25, 0.3) is 16.9 Å². The molecule has 1 fully saturated rings. The maximum atomic E-state index is 11.8. The number of aromatic nitrogens is 3. The molecule has 1 saturated heterocycles. The first-order chi connectivity index (χ1) is 14.0. The molecule has 3 heterocycles. The molecular formula is C22H27N5O2. The summed E-state index contributed by atoms with van der Waals surface area (Å²) >= 11 is 0. The number of hydrogen-bond acceptors (Lipinski definition) is 5. The van der Waals surface area contributed by atoms with Crippen LogP contribution >= 0.6 is 0 Å². The smallest absolute Gasteiger partial charge is 0.224 e. The number of benzene rings is 1. The molecule has 2 aromatic heterocycles. The van der Waals surface area contributed by atoms with Gasteiger partial charge in [0.15, 0.2) is 11.6 Å². The van der Waals surface area contributed by atoms with Crippen LogP contribution in [0.15, 0.2) is 42.6 Å². The van der Waals surface area contributed by atoms with Crippen LogP contribution in [-0.2, 0) is 16.0 Å². The Balaban J connectivity index is 1.65. The summed E-state index contributed by atoms with van der Waals surface area (Å²) in [7, 11) is 0. The zero-order valence-corrected chi connectivity index (χ0v) is 17.1. The summed E-state index contributed by atoms with van der Waals surface area (Å²) in [6, 6.07) is 11.9. The van der Waals surface area contributed by atoms with E-state index in [9.17, 15) is 4.79 Å². The van der Waals surface area contributed by atoms with Gasteiger partial charge in [-0.05, 0) is 38.5 Å². The lowest BCUT2D eigenvalue weighted by Crippen LogP contribution is -2.46. The van der Waals surface area contributed by atoms with Gasteiger partial charge in [0.25, 0.3) is 0 Å². The normalized spacial score (nSPS) is 19.5. The van der Waals surface area contributed by atoms with E-state index < -0.39 is 0 Å². The molecule has 1 aliphatic rings. The van der Waals surface area contributed by atoms with E-state index in [4.69, 9.17) is 9.72 Å². The standard InChI is InChI=1S/C22H27N5O2/c1-4-23-20(28)12-17-7-9-18(10-8-17)21-24-22(19-6-5-11-27(19)25-21)26-13-15(2)29-16(3)14-26/h5-11,15-16H,4,12-14H2,1-3H3,(H,23,28). The Morgan fingerprint density at radius 3 is 2.59 bits per heavy atom. The summed E-state index contributed by atoms with van der Waals surface area (Å²) in [6.07, 6.45) is 2.63. The number of likely N-dealkylation sites (N-methyl/N-ethyl adjacent to an activating group) is 1. The first-order valence-electron chi connectivity index (χ1n) is 10.1. The van der Waals surface area contributed by atoms with E-state index in [1.54, 1.807) is 0 Å². The summed E-state index contributed by atoms with van der Waals surface area (Å²) in [5, 5.41) is 7.51. The maximum Gasteiger partial charge on any atom is 0.224 e. The molecule has 1 amide bonds. The van der Waals surface area contributed by atoms with Crippen molar-refractivity contribution in [3.8, 4) is 11.4 Å². The number of amides is 1. The Kier molecular flexibility index (Phi) is 5.49. The molecule has 0 saturated carbocycles. The lowest BCUT2D eigenvalue weighted by molar-refractivity contribution is -0.120. The van der Waals surface area contributed by atoms with Gasteiger partial charge in [-0.25, -0.2) is 9.50 Å². The molecule has 0 radical (unpaired) electrons. The molecule has 29 heavy (non-hydrogen) atoms. The lowest BCUT2D eigenvalue weighted by Gasteiger charge is -2.36. The van der Waals surface area contributed by atoms with E-state index in [0.717, 1.165) is 35.6 Å². The lowest BCUT2D eigenvalue weighted by atomic mass is 10.1. The molecule has 1 aliphatic heterocycles. The van der Waals surface area contributed by atoms with Crippen LogP contribution in [0.2, 0.25) is 0 Å². The van der Waals surface area contributed by atoms with Crippen molar-refractivity contribution in [2.45, 2.75) is 39.4 Å². The van der Waals surface area contributed by atoms with Crippen LogP contribution in [0.1, 0.15) is 26.3 Å². The summed E-state index contributed by atoms with van der Waals surface area (Å²) < 4.78 is 7.76. The molecule has 2 atom stereocenters. The molecule has 152 valence electrons. The summed E-state index contributed by atoms with van der Waals surface area (Å²) in [4.78, 5) is 19.0. The van der Waals surface area contributed by atoms with Gasteiger partial charge < -0.3 is 15.0 Å². The van der Waals surface area contributed by atoms with E-state index in [1.807, 2.05) is 54.0 Å². The van der Waals surface area contributed by atoms with Gasteiger partial charge in [0.1, 0.15) is 5.52 Å². The Morgan fingerprint density at radius 1 is 1.17 bits per heavy atom. The largest absolute Gasteiger partial charge is 0.372 e. The third kappa shape index (κ3) is 4.24. The molecule has 7 heteroatoms. The SMILES string of the molecule is CCNC(=O)Cc1ccc(-c2nc(N3CC(C)OC(C)C3)c3cccn3n2)cc1. The fourth-order valence-corrected chi connectivity index (χ4v) is 3.84. The zero-order chi connectivity index (χ0) is 20.4. The monoisotopic (exact) mass is 393 g/mol. The number of rotatable bonds is 5. The van der Waals surface area contributed by atoms with E-state index in [2.05, 4.69) is 29.2 Å². The van der Waals surface area contributed by atoms with Gasteiger partial charge in [-0.3, -0.25) is 4.79 Å². The second-order valence-corrected chi connectivity index (χ2v) is 7.59. The van der Waals surface area contributed by atoms with Crippen molar-refractivity contribution >= 4 is 17.2 Å². The van der Waals surface area contributed by atoms with Crippen molar-refractivity contribution in [1.29, 1.82) is 0 Å². The van der Waals surface area contributed by atoms with Crippen LogP contribution in [-0.4, -0.2) is 52.3 Å². The second kappa shape index (κ2) is 8.21. The van der Waals surface area contributed by atoms with E-state index >= 15 is 0 Å². The van der Waals surface area contributed by atoms with Crippen molar-refractivity contribution in [1.82, 2.24) is 19.9 Å². The van der Waals surface area contributed by atoms with Crippen molar-refractivity contribution in [3.05, 3.63) is 48.2 Å². The van der Waals surface area contributed by atoms with Crippen LogP contribution in [0.4, 0.5) is 5.82 Å². The fourth-order valence-electron chi connectivity index (χ4n) is 3.84. The third-order valence-corrected chi connectivity index (χ3v) is 5.04. The number of nitrogens with one attached hydrogen (secondary N) is 1. The molecule has 7 nitrogen and oxygen atoms in total. The number of ether oxygens (including phenoxy) is 1. The number of morpholine rings is 1. The predicted octanol–water partition coefficient (Wildman–Crippen LogP) is 2.69. The predicted molar refractivity (Wildman–Crippen MR) is 113 cm³/mol. The third-order valence-electron chi connectivity index (χ3n) is 5.04. The molecule has 4 rings (SSSR count). The number of carbonyl (C=O) groups excluding carboxylic acids is 1. The highest BCUT2D eigenvalue weighted by molar-refractivity contribution is 5.78. The summed E-state index contributed by atoms with van der Waals surface area (Å²) in [6.45, 7) is 8.34. The minimum absolute atomic E-state index is 0.0307. The first kappa shape index (κ1) is 19.4. The average Bonchev–Trinajstić information content (AvgIpc) is 3.16. The summed E-state index contributed by atoms with van der Waals surface area (Å²) in [5.41, 5.74) is 2.89. The van der Waals surface area contributed by atoms with Gasteiger partial charge in [0, 0.05) is 31.4 Å². The maximum absolute atomic E-state index is 11.8. The Morgan fingerprint density at radius 2 is 1.90 bits per heavy atom. The van der Waals surface area contributed by atoms with Gasteiger partial charge >= 0.3 is 0 Å². The Bertz CT molecular complexity index is 988. The van der Waals surface area contributed by atoms with Gasteiger partial charge in [0.05, 0.1) is 18.6 Å². The van der Waals surface area contributed by atoms with Crippen molar-refractivity contribution in [2.75, 3.05) is 24.5 Å². The number of fused-ring (bicyclic) bond motifs is 1. The zero-order valence-electron chi connectivity index (χ0n) is 17.1. The van der Waals surface area contributed by atoms with Gasteiger partial charge in [-0.1, -0.05) is 24.3 Å². The molecule has 1 N–H and O–H groups in total. The fraction of sp³-hybridized carbons (Fsp3) is 0.409. The highest BCUT2D eigenvalue weighted by Gasteiger charge is 2.25. The van der Waals surface area contributed by atoms with E-state index in [-0.39, 0.29) is 18.1 Å². The number of hydrogen-bond donors (Lipinski definition) is 1. The molecule has 0 spiro atoms. The summed E-state index contributed by atoms with van der Waals surface area (Å²) in [5.74, 6) is 1.62. The highest BCUT2D eigenvalue weighted by Crippen LogP contribution is 2.26. The first-order valence-corrected chi connectivity index (χ1v) is 10.1. The van der Waals surface area contributed by atoms with Crippen molar-refractivity contribution in [3.63, 3.8) is 0 Å². The van der Waals surface area contributed by atoms with Gasteiger partial charge in [0.2, 0.25) is 5.91 Å². The molecule has 1 aromatic carbocycles. The molecular weight excluding hydrogens is 366 g/mol.